The molecule has 0 spiro atoms. The van der Waals surface area contributed by atoms with Gasteiger partial charge in [-0.25, -0.2) is 4.98 Å². The largest absolute Gasteiger partial charge is 0.494 e. The van der Waals surface area contributed by atoms with E-state index in [9.17, 15) is 36.6 Å². The molecule has 0 bridgehead atoms. The molecule has 1 aliphatic heterocycles. The quantitative estimate of drug-likeness (QED) is 0.212. The highest BCUT2D eigenvalue weighted by molar-refractivity contribution is 6.00. The Kier molecular flexibility index (Phi) is 7.73. The van der Waals surface area contributed by atoms with Crippen LogP contribution in [0.25, 0.3) is 22.2 Å². The molecule has 2 aliphatic rings. The molecule has 11 nitrogen and oxygen atoms in total. The normalized spacial score (nSPS) is 18.8. The predicted molar refractivity (Wildman–Crippen MR) is 155 cm³/mol. The number of nitrogens with two attached hydrogens (primary N) is 1. The molecule has 0 saturated heterocycles. The molecule has 2 atom stereocenters. The van der Waals surface area contributed by atoms with Crippen LogP contribution < -0.4 is 25.3 Å². The van der Waals surface area contributed by atoms with Crippen LogP contribution in [0.4, 0.5) is 22.0 Å². The third kappa shape index (κ3) is 5.66. The van der Waals surface area contributed by atoms with Crippen LogP contribution in [-0.4, -0.2) is 64.7 Å². The molecule has 2 aromatic carbocycles. The minimum absolute atomic E-state index is 0.0179. The van der Waals surface area contributed by atoms with Gasteiger partial charge in [0.2, 0.25) is 11.5 Å². The number of alkyl halides is 5. The average molecular weight is 662 g/mol. The lowest BCUT2D eigenvalue weighted by molar-refractivity contribution is -0.265. The smallest absolute Gasteiger partial charge is 0.424 e. The van der Waals surface area contributed by atoms with E-state index >= 15 is 0 Å². The van der Waals surface area contributed by atoms with E-state index in [2.05, 4.69) is 20.1 Å². The van der Waals surface area contributed by atoms with Crippen molar-refractivity contribution >= 4 is 22.7 Å². The van der Waals surface area contributed by atoms with E-state index in [4.69, 9.17) is 15.2 Å². The first-order valence-corrected chi connectivity index (χ1v) is 14.3. The monoisotopic (exact) mass is 661 g/mol. The first-order valence-electron chi connectivity index (χ1n) is 14.3. The zero-order chi connectivity index (χ0) is 33.9. The molecule has 2 amide bonds. The number of hydrogen-bond donors (Lipinski definition) is 3. The molecule has 1 unspecified atom stereocenters. The van der Waals surface area contributed by atoms with Gasteiger partial charge >= 0.3 is 12.8 Å². The van der Waals surface area contributed by atoms with Gasteiger partial charge in [-0.15, -0.1) is 0 Å². The number of ether oxygens (including phenoxy) is 3. The number of aromatic nitrogens is 3. The van der Waals surface area contributed by atoms with E-state index in [0.29, 0.717) is 10.9 Å². The van der Waals surface area contributed by atoms with Gasteiger partial charge in [0.1, 0.15) is 40.5 Å². The number of fused-ring (bicyclic) bond motifs is 2. The topological polar surface area (TPSA) is 151 Å². The first-order chi connectivity index (χ1) is 22.1. The van der Waals surface area contributed by atoms with Crippen LogP contribution in [0.2, 0.25) is 0 Å². The van der Waals surface area contributed by atoms with E-state index in [1.54, 1.807) is 10.9 Å². The fraction of sp³-hybridized carbons (Fsp3) is 0.355. The molecular weight excluding hydrogens is 633 g/mol. The molecule has 16 heteroatoms. The molecular formula is C31H28F5N5O6. The molecule has 1 saturated carbocycles. The Balaban J connectivity index is 1.40. The third-order valence-electron chi connectivity index (χ3n) is 8.34. The van der Waals surface area contributed by atoms with Crippen LogP contribution in [0.15, 0.2) is 48.7 Å². The van der Waals surface area contributed by atoms with Crippen molar-refractivity contribution in [3.8, 4) is 28.5 Å². The molecule has 47 heavy (non-hydrogen) atoms. The lowest BCUT2D eigenvalue weighted by Crippen LogP contribution is -2.51. The van der Waals surface area contributed by atoms with Gasteiger partial charge in [0.25, 0.3) is 5.91 Å². The van der Waals surface area contributed by atoms with Crippen molar-refractivity contribution in [2.75, 3.05) is 20.3 Å². The highest BCUT2D eigenvalue weighted by Crippen LogP contribution is 2.48. The van der Waals surface area contributed by atoms with Crippen molar-refractivity contribution in [3.63, 3.8) is 0 Å². The van der Waals surface area contributed by atoms with Crippen LogP contribution in [-0.2, 0) is 15.8 Å². The number of halogens is 5. The third-order valence-corrected chi connectivity index (χ3v) is 8.34. The Morgan fingerprint density at radius 2 is 1.96 bits per heavy atom. The van der Waals surface area contributed by atoms with Crippen LogP contribution in [0.1, 0.15) is 47.4 Å². The van der Waals surface area contributed by atoms with Gasteiger partial charge in [-0.2, -0.15) is 27.1 Å². The van der Waals surface area contributed by atoms with Gasteiger partial charge in [-0.1, -0.05) is 12.1 Å². The number of methoxy groups -OCH3 is 1. The minimum Gasteiger partial charge on any atom is -0.494 e. The van der Waals surface area contributed by atoms with E-state index in [1.165, 1.54) is 44.4 Å². The van der Waals surface area contributed by atoms with Crippen molar-refractivity contribution < 1.29 is 50.9 Å². The molecule has 248 valence electrons. The summed E-state index contributed by atoms with van der Waals surface area (Å²) in [4.78, 5) is 29.8. The molecule has 6 rings (SSSR count). The summed E-state index contributed by atoms with van der Waals surface area (Å²) in [7, 11) is 1.37. The van der Waals surface area contributed by atoms with Gasteiger partial charge in [0.15, 0.2) is 0 Å². The fourth-order valence-electron chi connectivity index (χ4n) is 5.40. The summed E-state index contributed by atoms with van der Waals surface area (Å²) in [5.41, 5.74) is -0.883. The summed E-state index contributed by atoms with van der Waals surface area (Å²) in [6, 6.07) is 8.76. The predicted octanol–water partition coefficient (Wildman–Crippen LogP) is 4.36. The number of carbonyl (C=O) groups is 2. The average Bonchev–Trinajstić information content (AvgIpc) is 3.69. The number of benzene rings is 2. The number of rotatable bonds is 10. The Bertz CT molecular complexity index is 1890. The highest BCUT2D eigenvalue weighted by atomic mass is 19.4. The summed E-state index contributed by atoms with van der Waals surface area (Å²) in [5.74, 6) is -2.14. The highest BCUT2D eigenvalue weighted by Gasteiger charge is 2.57. The van der Waals surface area contributed by atoms with Gasteiger partial charge in [-0.05, 0) is 50.1 Å². The number of nitrogens with zero attached hydrogens (tertiary/aromatic N) is 3. The summed E-state index contributed by atoms with van der Waals surface area (Å²) >= 11 is 0. The lowest BCUT2D eigenvalue weighted by Gasteiger charge is -2.31. The lowest BCUT2D eigenvalue weighted by atomic mass is 9.81. The summed E-state index contributed by atoms with van der Waals surface area (Å²) < 4.78 is 87.5. The number of nitrogens with one attached hydrogen (secondary N) is 1. The standard InChI is InChI=1S/C31H28F5N5O6/c1-29(27(37)43)14-46-25-20(29)11-22(39-24(25)15-4-3-5-19(9-15)47-28(32)33)30(44,31(34,35)36)13-38-26(42)16-8-17-12-41(18-6-7-18)40-23(17)21(10-16)45-2/h3-5,8-12,18,28,44H,6-7,13-14H2,1-2H3,(H2,37,43)(H,38,42)/t29-,30?/m0/s1. The Morgan fingerprint density at radius 3 is 2.60 bits per heavy atom. The molecule has 1 fully saturated rings. The second-order valence-electron chi connectivity index (χ2n) is 11.6. The first kappa shape index (κ1) is 32.0. The van der Waals surface area contributed by atoms with Crippen LogP contribution >= 0.6 is 0 Å². The Morgan fingerprint density at radius 1 is 1.21 bits per heavy atom. The van der Waals surface area contributed by atoms with Gasteiger partial charge < -0.3 is 30.4 Å². The maximum absolute atomic E-state index is 14.8. The number of carbonyl (C=O) groups excluding carboxylic acids is 2. The van der Waals surface area contributed by atoms with E-state index in [1.807, 2.05) is 0 Å². The van der Waals surface area contributed by atoms with Gasteiger partial charge in [-0.3, -0.25) is 14.3 Å². The molecule has 1 aliphatic carbocycles. The zero-order valence-electron chi connectivity index (χ0n) is 24.9. The maximum Gasteiger partial charge on any atom is 0.424 e. The van der Waals surface area contributed by atoms with Crippen molar-refractivity contribution in [1.29, 1.82) is 0 Å². The van der Waals surface area contributed by atoms with Crippen LogP contribution in [0.3, 0.4) is 0 Å². The molecule has 2 aromatic heterocycles. The summed E-state index contributed by atoms with van der Waals surface area (Å²) in [6.45, 7) is -3.62. The van der Waals surface area contributed by atoms with E-state index < -0.39 is 47.9 Å². The van der Waals surface area contributed by atoms with E-state index in [-0.39, 0.29) is 52.3 Å². The van der Waals surface area contributed by atoms with Gasteiger partial charge in [0, 0.05) is 28.3 Å². The van der Waals surface area contributed by atoms with Gasteiger partial charge in [0.05, 0.1) is 25.4 Å². The molecule has 3 heterocycles. The van der Waals surface area contributed by atoms with Crippen molar-refractivity contribution in [2.24, 2.45) is 5.73 Å². The van der Waals surface area contributed by atoms with Crippen LogP contribution in [0.5, 0.6) is 17.2 Å². The Hall–Kier alpha value is -4.99. The number of pyridine rings is 1. The number of primary amides is 1. The Labute approximate surface area is 263 Å². The van der Waals surface area contributed by atoms with Crippen molar-refractivity contribution in [3.05, 3.63) is 65.5 Å². The summed E-state index contributed by atoms with van der Waals surface area (Å²) in [6.07, 6.45) is -1.82. The summed E-state index contributed by atoms with van der Waals surface area (Å²) in [5, 5.41) is 18.5. The molecule has 0 radical (unpaired) electrons. The second-order valence-corrected chi connectivity index (χ2v) is 11.6. The SMILES string of the molecule is COc1cc(C(=O)NCC(O)(c2cc3c(c(-c4cccc(OC(F)F)c4)n2)OC[C@]3(C)C(N)=O)C(F)(F)F)cc2cn(C3CC3)nc12. The zero-order valence-corrected chi connectivity index (χ0v) is 24.9. The van der Waals surface area contributed by atoms with Crippen molar-refractivity contribution in [1.82, 2.24) is 20.1 Å². The number of amides is 2. The number of hydrogen-bond acceptors (Lipinski definition) is 8. The minimum atomic E-state index is -5.42. The van der Waals surface area contributed by atoms with E-state index in [0.717, 1.165) is 25.0 Å². The van der Waals surface area contributed by atoms with Crippen molar-refractivity contribution in [2.45, 2.75) is 49.6 Å². The fourth-order valence-corrected chi connectivity index (χ4v) is 5.40. The second kappa shape index (κ2) is 11.4. The van der Waals surface area contributed by atoms with Crippen LogP contribution in [0, 0.1) is 0 Å². The molecule has 4 aromatic rings. The maximum atomic E-state index is 14.8. The number of aliphatic hydroxyl groups is 1. The molecule has 4 N–H and O–H groups in total.